The molecule has 3 aliphatic rings. The number of fused-ring (bicyclic) bond motifs is 1. The van der Waals surface area contributed by atoms with Crippen LogP contribution in [0.25, 0.3) is 0 Å². The first kappa shape index (κ1) is 28.6. The maximum Gasteiger partial charge on any atom is 0.302 e. The van der Waals surface area contributed by atoms with Gasteiger partial charge in [-0.15, -0.1) is 0 Å². The van der Waals surface area contributed by atoms with E-state index in [0.717, 1.165) is 32.2 Å². The molecule has 37 heavy (non-hydrogen) atoms. The lowest BCUT2D eigenvalue weighted by atomic mass is 9.49. The van der Waals surface area contributed by atoms with Crippen molar-refractivity contribution in [3.8, 4) is 0 Å². The molecule has 1 heterocycles. The number of carbonyl (C=O) groups is 1. The standard InChI is InChI=1S/C31H52N2O3Si/c1-22-10-11-27-26(19-33-17-16-32-21-33)28(13-15-30(22,27)6)31(7)14-12-25(18-24(31)20-35-23(2)34)36-37(8,9)29(3,4)5/h16-17,21,24-28H,1,10-15,18-20H2,2-9H3/t24-,25+,26+,27?,28?,30-,31+/m1/s1. The predicted octanol–water partition coefficient (Wildman–Crippen LogP) is 7.64. The van der Waals surface area contributed by atoms with Crippen LogP contribution < -0.4 is 0 Å². The van der Waals surface area contributed by atoms with Crippen LogP contribution in [0.5, 0.6) is 0 Å². The number of ether oxygens (including phenoxy) is 1. The van der Waals surface area contributed by atoms with Crippen LogP contribution >= 0.6 is 0 Å². The minimum atomic E-state index is -1.87. The molecule has 1 aromatic rings. The summed E-state index contributed by atoms with van der Waals surface area (Å²) in [6.07, 6.45) is 14.3. The Kier molecular flexibility index (Phi) is 7.96. The van der Waals surface area contributed by atoms with Gasteiger partial charge >= 0.3 is 5.97 Å². The van der Waals surface area contributed by atoms with Gasteiger partial charge < -0.3 is 13.7 Å². The molecule has 4 rings (SSSR count). The zero-order valence-corrected chi connectivity index (χ0v) is 25.8. The zero-order chi connectivity index (χ0) is 27.2. The molecule has 0 aromatic carbocycles. The molecule has 3 saturated carbocycles. The fourth-order valence-electron chi connectivity index (χ4n) is 7.95. The summed E-state index contributed by atoms with van der Waals surface area (Å²) in [7, 11) is -1.87. The van der Waals surface area contributed by atoms with E-state index in [2.05, 4.69) is 70.0 Å². The second kappa shape index (κ2) is 10.3. The van der Waals surface area contributed by atoms with Gasteiger partial charge in [0.1, 0.15) is 0 Å². The van der Waals surface area contributed by atoms with E-state index in [0.29, 0.717) is 30.3 Å². The summed E-state index contributed by atoms with van der Waals surface area (Å²) in [6, 6.07) is 0. The monoisotopic (exact) mass is 528 g/mol. The van der Waals surface area contributed by atoms with Gasteiger partial charge in [-0.3, -0.25) is 4.79 Å². The molecule has 2 unspecified atom stereocenters. The molecule has 0 bridgehead atoms. The number of rotatable bonds is 7. The van der Waals surface area contributed by atoms with Gasteiger partial charge in [0.2, 0.25) is 0 Å². The SMILES string of the molecule is C=C1CCC2[C@H](Cn3ccnc3)C([C@@]3(C)CC[C@H](O[Si](C)(C)C(C)(C)C)C[C@@H]3COC(C)=O)CC[C@]12C. The second-order valence-corrected chi connectivity index (χ2v) is 19.3. The van der Waals surface area contributed by atoms with Gasteiger partial charge in [-0.2, -0.15) is 0 Å². The van der Waals surface area contributed by atoms with Gasteiger partial charge in [0, 0.05) is 37.9 Å². The topological polar surface area (TPSA) is 53.4 Å². The van der Waals surface area contributed by atoms with E-state index < -0.39 is 8.32 Å². The molecular weight excluding hydrogens is 476 g/mol. The van der Waals surface area contributed by atoms with Crippen LogP contribution in [0, 0.1) is 34.5 Å². The van der Waals surface area contributed by atoms with Crippen LogP contribution in [-0.4, -0.2) is 36.5 Å². The van der Waals surface area contributed by atoms with Crippen LogP contribution in [0.2, 0.25) is 18.1 Å². The lowest BCUT2D eigenvalue weighted by Gasteiger charge is -2.57. The third-order valence-electron chi connectivity index (χ3n) is 11.5. The molecule has 3 aliphatic carbocycles. The van der Waals surface area contributed by atoms with E-state index in [1.807, 2.05) is 12.5 Å². The van der Waals surface area contributed by atoms with E-state index >= 15 is 0 Å². The third kappa shape index (κ3) is 5.52. The quantitative estimate of drug-likeness (QED) is 0.207. The van der Waals surface area contributed by atoms with E-state index in [1.54, 1.807) is 6.92 Å². The molecule has 0 saturated heterocycles. The number of nitrogens with zero attached hydrogens (tertiary/aromatic N) is 2. The molecular formula is C31H52N2O3Si. The maximum atomic E-state index is 12.0. The van der Waals surface area contributed by atoms with E-state index in [4.69, 9.17) is 9.16 Å². The first-order valence-corrected chi connectivity index (χ1v) is 17.5. The first-order chi connectivity index (χ1) is 17.2. The Morgan fingerprint density at radius 2 is 1.92 bits per heavy atom. The Morgan fingerprint density at radius 1 is 1.19 bits per heavy atom. The number of carbonyl (C=O) groups excluding carboxylic acids is 1. The van der Waals surface area contributed by atoms with Crippen LogP contribution in [0.15, 0.2) is 30.9 Å². The summed E-state index contributed by atoms with van der Waals surface area (Å²) < 4.78 is 15.0. The Balaban J connectivity index is 1.63. The van der Waals surface area contributed by atoms with Crippen molar-refractivity contribution in [2.24, 2.45) is 34.5 Å². The molecule has 3 fully saturated rings. The second-order valence-electron chi connectivity index (χ2n) is 14.5. The largest absolute Gasteiger partial charge is 0.466 e. The molecule has 208 valence electrons. The van der Waals surface area contributed by atoms with Crippen molar-refractivity contribution in [2.75, 3.05) is 6.61 Å². The molecule has 0 amide bonds. The van der Waals surface area contributed by atoms with Crippen LogP contribution in [0.3, 0.4) is 0 Å². The van der Waals surface area contributed by atoms with E-state index in [-0.39, 0.29) is 27.9 Å². The molecule has 0 aliphatic heterocycles. The molecule has 0 radical (unpaired) electrons. The van der Waals surface area contributed by atoms with Gasteiger partial charge in [0.25, 0.3) is 0 Å². The third-order valence-corrected chi connectivity index (χ3v) is 16.0. The van der Waals surface area contributed by atoms with Gasteiger partial charge in [-0.1, -0.05) is 46.8 Å². The minimum absolute atomic E-state index is 0.110. The Bertz CT molecular complexity index is 968. The smallest absolute Gasteiger partial charge is 0.302 e. The van der Waals surface area contributed by atoms with Gasteiger partial charge in [-0.05, 0) is 91.7 Å². The minimum Gasteiger partial charge on any atom is -0.466 e. The van der Waals surface area contributed by atoms with Crippen molar-refractivity contribution in [3.05, 3.63) is 30.9 Å². The number of imidazole rings is 1. The number of aromatic nitrogens is 2. The highest BCUT2D eigenvalue weighted by Crippen LogP contribution is 2.64. The fourth-order valence-corrected chi connectivity index (χ4v) is 9.35. The predicted molar refractivity (Wildman–Crippen MR) is 153 cm³/mol. The highest BCUT2D eigenvalue weighted by atomic mass is 28.4. The summed E-state index contributed by atoms with van der Waals surface area (Å²) in [4.78, 5) is 16.3. The summed E-state index contributed by atoms with van der Waals surface area (Å²) in [5, 5.41) is 0.188. The fraction of sp³-hybridized carbons (Fsp3) is 0.806. The Morgan fingerprint density at radius 3 is 2.54 bits per heavy atom. The Hall–Kier alpha value is -1.40. The van der Waals surface area contributed by atoms with Crippen molar-refractivity contribution in [1.29, 1.82) is 0 Å². The number of hydrogen-bond acceptors (Lipinski definition) is 4. The van der Waals surface area contributed by atoms with Crippen molar-refractivity contribution < 1.29 is 14.0 Å². The molecule has 0 N–H and O–H groups in total. The summed E-state index contributed by atoms with van der Waals surface area (Å²) >= 11 is 0. The van der Waals surface area contributed by atoms with Gasteiger partial charge in [0.05, 0.1) is 12.9 Å². The molecule has 6 heteroatoms. The average Bonchev–Trinajstić information content (AvgIpc) is 3.41. The summed E-state index contributed by atoms with van der Waals surface area (Å²) in [5.41, 5.74) is 1.81. The summed E-state index contributed by atoms with van der Waals surface area (Å²) in [5.74, 6) is 1.92. The maximum absolute atomic E-state index is 12.0. The van der Waals surface area contributed by atoms with E-state index in [1.165, 1.54) is 24.8 Å². The van der Waals surface area contributed by atoms with Crippen molar-refractivity contribution in [2.45, 2.75) is 117 Å². The van der Waals surface area contributed by atoms with Crippen LogP contribution in [0.4, 0.5) is 0 Å². The number of allylic oxidation sites excluding steroid dienone is 1. The van der Waals surface area contributed by atoms with Crippen molar-refractivity contribution in [1.82, 2.24) is 9.55 Å². The molecule has 0 spiro atoms. The van der Waals surface area contributed by atoms with Gasteiger partial charge in [0.15, 0.2) is 8.32 Å². The van der Waals surface area contributed by atoms with E-state index in [9.17, 15) is 4.79 Å². The van der Waals surface area contributed by atoms with Crippen molar-refractivity contribution >= 4 is 14.3 Å². The average molecular weight is 529 g/mol. The molecule has 1 aromatic heterocycles. The highest BCUT2D eigenvalue weighted by Gasteiger charge is 2.57. The van der Waals surface area contributed by atoms with Gasteiger partial charge in [-0.25, -0.2) is 4.98 Å². The van der Waals surface area contributed by atoms with Crippen LogP contribution in [-0.2, 0) is 20.5 Å². The molecule has 7 atom stereocenters. The molecule has 5 nitrogen and oxygen atoms in total. The van der Waals surface area contributed by atoms with Crippen LogP contribution in [0.1, 0.15) is 86.5 Å². The lowest BCUT2D eigenvalue weighted by Crippen LogP contribution is -2.53. The van der Waals surface area contributed by atoms with Crippen molar-refractivity contribution in [3.63, 3.8) is 0 Å². The number of esters is 1. The zero-order valence-electron chi connectivity index (χ0n) is 24.8. The highest BCUT2D eigenvalue weighted by molar-refractivity contribution is 6.74. The summed E-state index contributed by atoms with van der Waals surface area (Å²) in [6.45, 7) is 24.3. The first-order valence-electron chi connectivity index (χ1n) is 14.6. The number of hydrogen-bond donors (Lipinski definition) is 0. The Labute approximate surface area is 226 Å². The lowest BCUT2D eigenvalue weighted by molar-refractivity contribution is -0.149. The normalized spacial score (nSPS) is 36.9.